The number of carbonyl (C=O) groups is 2. The third kappa shape index (κ3) is 3.85. The minimum Gasteiger partial charge on any atom is -0.481 e. The van der Waals surface area contributed by atoms with Crippen LogP contribution in [0.25, 0.3) is 10.9 Å². The smallest absolute Gasteiger partial charge is 0.306 e. The monoisotopic (exact) mass is 344 g/mol. The van der Waals surface area contributed by atoms with Crippen molar-refractivity contribution in [1.82, 2.24) is 9.47 Å². The zero-order chi connectivity index (χ0) is 18.0. The molecule has 1 atom stereocenters. The fraction of sp³-hybridized carbons (Fsp3) is 0.474. The van der Waals surface area contributed by atoms with E-state index in [0.717, 1.165) is 17.4 Å². The third-order valence-electron chi connectivity index (χ3n) is 4.41. The Balaban J connectivity index is 1.88. The summed E-state index contributed by atoms with van der Waals surface area (Å²) in [7, 11) is 0. The fourth-order valence-corrected chi connectivity index (χ4v) is 3.35. The average molecular weight is 344 g/mol. The maximum Gasteiger partial charge on any atom is 0.306 e. The number of morpholine rings is 1. The highest BCUT2D eigenvalue weighted by Gasteiger charge is 2.28. The van der Waals surface area contributed by atoms with E-state index >= 15 is 0 Å². The van der Waals surface area contributed by atoms with Gasteiger partial charge < -0.3 is 19.3 Å². The van der Waals surface area contributed by atoms with E-state index in [-0.39, 0.29) is 12.3 Å². The molecule has 1 aliphatic heterocycles. The molecule has 0 spiro atoms. The molecule has 1 saturated heterocycles. The minimum absolute atomic E-state index is 0.0580. The van der Waals surface area contributed by atoms with Gasteiger partial charge in [-0.15, -0.1) is 0 Å². The van der Waals surface area contributed by atoms with Crippen molar-refractivity contribution in [2.24, 2.45) is 5.92 Å². The van der Waals surface area contributed by atoms with Gasteiger partial charge in [-0.1, -0.05) is 32.0 Å². The number of hydrogen-bond donors (Lipinski definition) is 1. The summed E-state index contributed by atoms with van der Waals surface area (Å²) in [4.78, 5) is 25.7. The van der Waals surface area contributed by atoms with Crippen LogP contribution in [0, 0.1) is 5.92 Å². The van der Waals surface area contributed by atoms with Gasteiger partial charge in [0.1, 0.15) is 0 Å². The Kier molecular flexibility index (Phi) is 5.08. The Labute approximate surface area is 147 Å². The normalized spacial score (nSPS) is 18.0. The Hall–Kier alpha value is -2.34. The maximum atomic E-state index is 13.1. The van der Waals surface area contributed by atoms with Crippen molar-refractivity contribution in [2.75, 3.05) is 19.7 Å². The molecule has 134 valence electrons. The molecule has 0 unspecified atom stereocenters. The molecule has 0 radical (unpaired) electrons. The van der Waals surface area contributed by atoms with Gasteiger partial charge >= 0.3 is 5.97 Å². The molecule has 2 aromatic rings. The van der Waals surface area contributed by atoms with Gasteiger partial charge in [0.05, 0.1) is 24.7 Å². The molecule has 3 rings (SSSR count). The Morgan fingerprint density at radius 2 is 2.08 bits per heavy atom. The minimum atomic E-state index is -0.909. The number of carbonyl (C=O) groups excluding carboxylic acids is 1. The van der Waals surface area contributed by atoms with Gasteiger partial charge in [0, 0.05) is 36.7 Å². The molecule has 1 fully saturated rings. The van der Waals surface area contributed by atoms with Crippen LogP contribution in [0.4, 0.5) is 0 Å². The summed E-state index contributed by atoms with van der Waals surface area (Å²) in [5.74, 6) is -0.493. The molecule has 1 aromatic heterocycles. The number of benzene rings is 1. The molecule has 0 saturated carbocycles. The lowest BCUT2D eigenvalue weighted by molar-refractivity contribution is -0.141. The van der Waals surface area contributed by atoms with Crippen LogP contribution in [-0.4, -0.2) is 52.3 Å². The van der Waals surface area contributed by atoms with E-state index in [2.05, 4.69) is 18.4 Å². The highest BCUT2D eigenvalue weighted by Crippen LogP contribution is 2.24. The first kappa shape index (κ1) is 17.5. The number of carboxylic acids is 1. The van der Waals surface area contributed by atoms with Gasteiger partial charge in [0.2, 0.25) is 0 Å². The fourth-order valence-electron chi connectivity index (χ4n) is 3.35. The molecule has 0 aliphatic carbocycles. The molecular weight excluding hydrogens is 320 g/mol. The van der Waals surface area contributed by atoms with E-state index in [9.17, 15) is 9.59 Å². The van der Waals surface area contributed by atoms with Crippen molar-refractivity contribution in [3.8, 4) is 0 Å². The predicted molar refractivity (Wildman–Crippen MR) is 94.7 cm³/mol. The van der Waals surface area contributed by atoms with Gasteiger partial charge in [-0.25, -0.2) is 0 Å². The van der Waals surface area contributed by atoms with Crippen molar-refractivity contribution >= 4 is 22.8 Å². The lowest BCUT2D eigenvalue weighted by Crippen LogP contribution is -2.46. The van der Waals surface area contributed by atoms with Crippen LogP contribution < -0.4 is 0 Å². The van der Waals surface area contributed by atoms with Crippen molar-refractivity contribution in [2.45, 2.75) is 32.9 Å². The standard InChI is InChI=1S/C19H24N2O4/c1-13(2)10-21-12-16(15-5-3-4-6-17(15)21)19(24)20-7-8-25-14(11-20)9-18(22)23/h3-6,12-14H,7-11H2,1-2H3,(H,22,23)/t14-/m1/s1. The first-order valence-corrected chi connectivity index (χ1v) is 8.66. The van der Waals surface area contributed by atoms with Crippen LogP contribution in [0.15, 0.2) is 30.5 Å². The number of fused-ring (bicyclic) bond motifs is 1. The number of carboxylic acid groups (broad SMARTS) is 1. The van der Waals surface area contributed by atoms with Crippen LogP contribution in [-0.2, 0) is 16.1 Å². The van der Waals surface area contributed by atoms with E-state index in [1.165, 1.54) is 0 Å². The summed E-state index contributed by atoms with van der Waals surface area (Å²) >= 11 is 0. The van der Waals surface area contributed by atoms with Crippen molar-refractivity contribution in [1.29, 1.82) is 0 Å². The largest absolute Gasteiger partial charge is 0.481 e. The van der Waals surface area contributed by atoms with Gasteiger partial charge in [0.25, 0.3) is 5.91 Å². The SMILES string of the molecule is CC(C)Cn1cc(C(=O)N2CCO[C@H](CC(=O)O)C2)c2ccccc21. The summed E-state index contributed by atoms with van der Waals surface area (Å²) in [5.41, 5.74) is 1.72. The predicted octanol–water partition coefficient (Wildman–Crippen LogP) is 2.61. The number of amides is 1. The number of ether oxygens (including phenoxy) is 1. The van der Waals surface area contributed by atoms with E-state index in [0.29, 0.717) is 31.2 Å². The summed E-state index contributed by atoms with van der Waals surface area (Å²) in [6, 6.07) is 7.91. The number of aromatic nitrogens is 1. The number of nitrogens with zero attached hydrogens (tertiary/aromatic N) is 2. The molecule has 1 amide bonds. The van der Waals surface area contributed by atoms with Gasteiger partial charge in [-0.3, -0.25) is 9.59 Å². The topological polar surface area (TPSA) is 71.8 Å². The van der Waals surface area contributed by atoms with E-state index in [4.69, 9.17) is 9.84 Å². The molecule has 1 aromatic carbocycles. The number of para-hydroxylation sites is 1. The Morgan fingerprint density at radius 3 is 2.80 bits per heavy atom. The van der Waals surface area contributed by atoms with Crippen LogP contribution in [0.2, 0.25) is 0 Å². The highest BCUT2D eigenvalue weighted by atomic mass is 16.5. The molecule has 1 aliphatic rings. The second-order valence-electron chi connectivity index (χ2n) is 6.95. The van der Waals surface area contributed by atoms with Crippen LogP contribution >= 0.6 is 0 Å². The molecular formula is C19H24N2O4. The summed E-state index contributed by atoms with van der Waals surface area (Å²) in [6.45, 7) is 6.31. The molecule has 0 bridgehead atoms. The lowest BCUT2D eigenvalue weighted by atomic mass is 10.1. The number of rotatable bonds is 5. The zero-order valence-corrected chi connectivity index (χ0v) is 14.6. The van der Waals surface area contributed by atoms with Crippen LogP contribution in [0.1, 0.15) is 30.6 Å². The van der Waals surface area contributed by atoms with Gasteiger partial charge in [-0.05, 0) is 12.0 Å². The van der Waals surface area contributed by atoms with E-state index < -0.39 is 12.1 Å². The highest BCUT2D eigenvalue weighted by molar-refractivity contribution is 6.07. The number of hydrogen-bond acceptors (Lipinski definition) is 3. The number of aliphatic carboxylic acids is 1. The summed E-state index contributed by atoms with van der Waals surface area (Å²) in [5, 5.41) is 9.89. The van der Waals surface area contributed by atoms with Crippen molar-refractivity contribution in [3.05, 3.63) is 36.0 Å². The zero-order valence-electron chi connectivity index (χ0n) is 14.6. The Bertz CT molecular complexity index is 781. The lowest BCUT2D eigenvalue weighted by Gasteiger charge is -2.32. The van der Waals surface area contributed by atoms with Crippen molar-refractivity contribution in [3.63, 3.8) is 0 Å². The Morgan fingerprint density at radius 1 is 1.32 bits per heavy atom. The van der Waals surface area contributed by atoms with Crippen LogP contribution in [0.5, 0.6) is 0 Å². The van der Waals surface area contributed by atoms with Gasteiger partial charge in [-0.2, -0.15) is 0 Å². The average Bonchev–Trinajstić information content (AvgIpc) is 2.92. The second-order valence-corrected chi connectivity index (χ2v) is 6.95. The first-order valence-electron chi connectivity index (χ1n) is 8.66. The summed E-state index contributed by atoms with van der Waals surface area (Å²) in [6.07, 6.45) is 1.40. The van der Waals surface area contributed by atoms with Gasteiger partial charge in [0.15, 0.2) is 0 Å². The molecule has 2 heterocycles. The van der Waals surface area contributed by atoms with E-state index in [1.807, 2.05) is 30.5 Å². The second kappa shape index (κ2) is 7.27. The molecule has 1 N–H and O–H groups in total. The molecule has 6 nitrogen and oxygen atoms in total. The molecule has 6 heteroatoms. The maximum absolute atomic E-state index is 13.1. The van der Waals surface area contributed by atoms with Crippen molar-refractivity contribution < 1.29 is 19.4 Å². The first-order chi connectivity index (χ1) is 12.0. The van der Waals surface area contributed by atoms with E-state index in [1.54, 1.807) is 4.90 Å². The molecule has 25 heavy (non-hydrogen) atoms. The van der Waals surface area contributed by atoms with Crippen LogP contribution in [0.3, 0.4) is 0 Å². The third-order valence-corrected chi connectivity index (χ3v) is 4.41. The quantitative estimate of drug-likeness (QED) is 0.905. The summed E-state index contributed by atoms with van der Waals surface area (Å²) < 4.78 is 7.60.